The Bertz CT molecular complexity index is 1130. The second-order valence-corrected chi connectivity index (χ2v) is 11.0. The molecule has 1 fully saturated rings. The van der Waals surface area contributed by atoms with E-state index in [1.165, 1.54) is 28.0 Å². The molecule has 7 nitrogen and oxygen atoms in total. The molecule has 5 rings (SSSR count). The Morgan fingerprint density at radius 3 is 2.44 bits per heavy atom. The van der Waals surface area contributed by atoms with Crippen molar-refractivity contribution in [1.82, 2.24) is 15.1 Å². The Hall–Kier alpha value is -2.56. The van der Waals surface area contributed by atoms with E-state index in [-0.39, 0.29) is 17.7 Å². The minimum Gasteiger partial charge on any atom is -0.300 e. The smallest absolute Gasteiger partial charge is 0.261 e. The quantitative estimate of drug-likeness (QED) is 0.303. The van der Waals surface area contributed by atoms with Gasteiger partial charge in [0.25, 0.3) is 11.8 Å². The van der Waals surface area contributed by atoms with Gasteiger partial charge < -0.3 is 0 Å². The van der Waals surface area contributed by atoms with E-state index in [4.69, 9.17) is 0 Å². The highest BCUT2D eigenvalue weighted by Gasteiger charge is 2.44. The second kappa shape index (κ2) is 8.76. The number of rotatable bonds is 7. The number of hydrogen-bond donors (Lipinski definition) is 1. The summed E-state index contributed by atoms with van der Waals surface area (Å²) in [6, 6.07) is 10.9. The van der Waals surface area contributed by atoms with Gasteiger partial charge in [0.1, 0.15) is 0 Å². The normalized spacial score (nSPS) is 17.1. The lowest BCUT2D eigenvalue weighted by atomic mass is 9.83. The zero-order valence-electron chi connectivity index (χ0n) is 17.1. The average molecular weight is 485 g/mol. The van der Waals surface area contributed by atoms with Gasteiger partial charge in [-0.25, -0.2) is 0 Å². The molecule has 1 aromatic carbocycles. The van der Waals surface area contributed by atoms with Crippen LogP contribution in [0.1, 0.15) is 51.3 Å². The Morgan fingerprint density at radius 1 is 1.06 bits per heavy atom. The first-order chi connectivity index (χ1) is 15.6. The van der Waals surface area contributed by atoms with Gasteiger partial charge in [0.05, 0.1) is 16.5 Å². The van der Waals surface area contributed by atoms with Crippen LogP contribution in [0.3, 0.4) is 0 Å². The molecule has 1 N–H and O–H groups in total. The number of nitrogens with one attached hydrogen (secondary N) is 1. The number of thioether (sulfide) groups is 1. The number of carbonyl (C=O) groups excluding carboxylic acids is 3. The molecular weight excluding hydrogens is 464 g/mol. The summed E-state index contributed by atoms with van der Waals surface area (Å²) in [6.07, 6.45) is 3.78. The zero-order chi connectivity index (χ0) is 22.1. The van der Waals surface area contributed by atoms with Gasteiger partial charge in [0, 0.05) is 17.2 Å². The van der Waals surface area contributed by atoms with E-state index in [9.17, 15) is 14.4 Å². The lowest BCUT2D eigenvalue weighted by molar-refractivity contribution is -0.121. The summed E-state index contributed by atoms with van der Waals surface area (Å²) in [4.78, 5) is 40.4. The van der Waals surface area contributed by atoms with E-state index in [2.05, 4.69) is 15.5 Å². The monoisotopic (exact) mass is 484 g/mol. The molecule has 3 heterocycles. The molecule has 2 aliphatic rings. The number of carbonyl (C=O) groups is 3. The number of amides is 3. The van der Waals surface area contributed by atoms with Crippen LogP contribution in [0.15, 0.2) is 46.1 Å². The molecule has 0 spiro atoms. The third-order valence-electron chi connectivity index (χ3n) is 5.93. The van der Waals surface area contributed by atoms with Gasteiger partial charge >= 0.3 is 0 Å². The Balaban J connectivity index is 1.19. The molecule has 10 heteroatoms. The van der Waals surface area contributed by atoms with Crippen molar-refractivity contribution in [3.8, 4) is 0 Å². The van der Waals surface area contributed by atoms with Crippen molar-refractivity contribution in [3.05, 3.63) is 57.8 Å². The Labute approximate surface area is 197 Å². The number of aromatic nitrogens is 2. The summed E-state index contributed by atoms with van der Waals surface area (Å²) in [5, 5.41) is 13.7. The average Bonchev–Trinajstić information content (AvgIpc) is 3.59. The van der Waals surface area contributed by atoms with Crippen LogP contribution in [0.5, 0.6) is 0 Å². The lowest BCUT2D eigenvalue weighted by Crippen LogP contribution is -2.37. The Kier molecular flexibility index (Phi) is 5.83. The fourth-order valence-electron chi connectivity index (χ4n) is 4.32. The molecule has 164 valence electrons. The topological polar surface area (TPSA) is 92.3 Å². The molecule has 0 radical (unpaired) electrons. The molecule has 2 aromatic heterocycles. The molecule has 1 aliphatic heterocycles. The van der Waals surface area contributed by atoms with Crippen LogP contribution in [-0.4, -0.2) is 45.1 Å². The van der Waals surface area contributed by atoms with Gasteiger partial charge in [-0.3, -0.25) is 24.6 Å². The maximum absolute atomic E-state index is 13.2. The van der Waals surface area contributed by atoms with Crippen LogP contribution < -0.4 is 5.32 Å². The summed E-state index contributed by atoms with van der Waals surface area (Å²) in [5.74, 6) is -0.0254. The van der Waals surface area contributed by atoms with Gasteiger partial charge in [-0.15, -0.1) is 21.5 Å². The molecule has 3 aromatic rings. The molecular formula is C22H20N4O3S3. The molecule has 3 amide bonds. The summed E-state index contributed by atoms with van der Waals surface area (Å²) in [7, 11) is 0. The van der Waals surface area contributed by atoms with Crippen molar-refractivity contribution < 1.29 is 14.4 Å². The van der Waals surface area contributed by atoms with Crippen molar-refractivity contribution in [2.45, 2.75) is 35.4 Å². The van der Waals surface area contributed by atoms with Crippen LogP contribution in [0, 0.1) is 0 Å². The second-order valence-electron chi connectivity index (χ2n) is 7.75. The van der Waals surface area contributed by atoms with Crippen molar-refractivity contribution in [1.29, 1.82) is 0 Å². The highest BCUT2D eigenvalue weighted by atomic mass is 32.2. The van der Waals surface area contributed by atoms with Gasteiger partial charge in [-0.05, 0) is 36.4 Å². The fourth-order valence-corrected chi connectivity index (χ4v) is 7.04. The predicted molar refractivity (Wildman–Crippen MR) is 126 cm³/mol. The van der Waals surface area contributed by atoms with Crippen molar-refractivity contribution in [2.75, 3.05) is 17.6 Å². The molecule has 1 saturated carbocycles. The highest BCUT2D eigenvalue weighted by Crippen LogP contribution is 2.44. The third kappa shape index (κ3) is 3.76. The van der Waals surface area contributed by atoms with E-state index in [1.807, 2.05) is 17.5 Å². The fraction of sp³-hybridized carbons (Fsp3) is 0.318. The first-order valence-corrected chi connectivity index (χ1v) is 13.0. The lowest BCUT2D eigenvalue weighted by Gasteiger charge is -2.25. The first-order valence-electron chi connectivity index (χ1n) is 10.4. The minimum atomic E-state index is -0.474. The zero-order valence-corrected chi connectivity index (χ0v) is 19.5. The number of benzene rings is 1. The number of nitrogens with zero attached hydrogens (tertiary/aromatic N) is 3. The summed E-state index contributed by atoms with van der Waals surface area (Å²) >= 11 is 4.35. The number of fused-ring (bicyclic) bond motifs is 1. The molecule has 0 bridgehead atoms. The van der Waals surface area contributed by atoms with E-state index >= 15 is 0 Å². The number of hydrogen-bond acceptors (Lipinski definition) is 8. The first kappa shape index (κ1) is 21.3. The largest absolute Gasteiger partial charge is 0.300 e. The molecule has 1 aliphatic carbocycles. The summed E-state index contributed by atoms with van der Waals surface area (Å²) < 4.78 is 0.688. The maximum Gasteiger partial charge on any atom is 0.261 e. The molecule has 0 atom stereocenters. The van der Waals surface area contributed by atoms with E-state index in [0.717, 1.165) is 30.6 Å². The third-order valence-corrected chi connectivity index (χ3v) is 8.96. The van der Waals surface area contributed by atoms with Crippen molar-refractivity contribution in [3.63, 3.8) is 0 Å². The van der Waals surface area contributed by atoms with Crippen LogP contribution in [-0.2, 0) is 10.2 Å². The van der Waals surface area contributed by atoms with Crippen LogP contribution in [0.25, 0.3) is 0 Å². The minimum absolute atomic E-state index is 0.0174. The van der Waals surface area contributed by atoms with Gasteiger partial charge in [-0.2, -0.15) is 0 Å². The predicted octanol–water partition coefficient (Wildman–Crippen LogP) is 4.44. The van der Waals surface area contributed by atoms with Gasteiger partial charge in [0.2, 0.25) is 11.0 Å². The number of thiophene rings is 1. The van der Waals surface area contributed by atoms with Crippen molar-refractivity contribution >= 4 is 57.3 Å². The summed E-state index contributed by atoms with van der Waals surface area (Å²) in [5.41, 5.74) is 0.434. The molecule has 0 saturated heterocycles. The molecule has 32 heavy (non-hydrogen) atoms. The van der Waals surface area contributed by atoms with E-state index in [1.54, 1.807) is 35.6 Å². The van der Waals surface area contributed by atoms with Crippen LogP contribution >= 0.6 is 34.4 Å². The highest BCUT2D eigenvalue weighted by molar-refractivity contribution is 8.01. The number of anilines is 1. The molecule has 0 unspecified atom stereocenters. The van der Waals surface area contributed by atoms with E-state index < -0.39 is 5.41 Å². The van der Waals surface area contributed by atoms with Gasteiger partial charge in [-0.1, -0.05) is 54.1 Å². The van der Waals surface area contributed by atoms with Crippen LogP contribution in [0.2, 0.25) is 0 Å². The van der Waals surface area contributed by atoms with E-state index in [0.29, 0.717) is 32.9 Å². The Morgan fingerprint density at radius 2 is 1.78 bits per heavy atom. The van der Waals surface area contributed by atoms with Crippen molar-refractivity contribution in [2.24, 2.45) is 0 Å². The standard InChI is InChI=1S/C22H20N4O3S3/c27-17-14-6-1-2-7-15(14)18(28)26(17)11-13-31-21-25-24-20(32-21)23-19(29)22(9-3-4-10-22)16-8-5-12-30-16/h1-2,5-8,12H,3-4,9-11,13H2,(H,23,24,29). The number of imide groups is 1. The summed E-state index contributed by atoms with van der Waals surface area (Å²) in [6.45, 7) is 0.291. The maximum atomic E-state index is 13.2. The van der Waals surface area contributed by atoms with Gasteiger partial charge in [0.15, 0.2) is 4.34 Å². The SMILES string of the molecule is O=C1c2ccccc2C(=O)N1CCSc1nnc(NC(=O)C2(c3cccs3)CCCC2)s1. The van der Waals surface area contributed by atoms with Crippen LogP contribution in [0.4, 0.5) is 5.13 Å².